The number of aliphatic imine (C=N–C) groups is 1. The second-order valence-corrected chi connectivity index (χ2v) is 10.9. The van der Waals surface area contributed by atoms with Crippen molar-refractivity contribution in [2.24, 2.45) is 4.99 Å². The molecule has 0 spiro atoms. The quantitative estimate of drug-likeness (QED) is 0.469. The van der Waals surface area contributed by atoms with Crippen LogP contribution >= 0.6 is 0 Å². The number of hydrogen-bond donors (Lipinski definition) is 2. The molecule has 14 heteroatoms. The smallest absolute Gasteiger partial charge is 0.261 e. The lowest BCUT2D eigenvalue weighted by Gasteiger charge is -2.35. The van der Waals surface area contributed by atoms with Crippen molar-refractivity contribution in [3.8, 4) is 11.5 Å². The molecule has 1 saturated heterocycles. The summed E-state index contributed by atoms with van der Waals surface area (Å²) in [7, 11) is 3.20. The first-order chi connectivity index (χ1) is 17.1. The average Bonchev–Trinajstić information content (AvgIpc) is 3.24. The number of nitrogen functional groups attached to an aromatic ring is 1. The third kappa shape index (κ3) is 5.05. The molecule has 1 fully saturated rings. The number of nitrogens with zero attached hydrogens (tertiary/aromatic N) is 6. The number of nitrogens with two attached hydrogens (primary N) is 1. The third-order valence-corrected chi connectivity index (χ3v) is 7.94. The number of nitrogens with one attached hydrogen (secondary N) is 1. The number of benzene rings is 1. The fourth-order valence-electron chi connectivity index (χ4n) is 4.08. The van der Waals surface area contributed by atoms with Gasteiger partial charge in [-0.05, 0) is 25.6 Å². The highest BCUT2D eigenvalue weighted by Gasteiger charge is 2.39. The van der Waals surface area contributed by atoms with Gasteiger partial charge in [-0.25, -0.2) is 27.7 Å². The summed E-state index contributed by atoms with van der Waals surface area (Å²) in [6, 6.07) is 3.71. The Bertz CT molecular complexity index is 1270. The standard InChI is InChI=1S/C22H30N8O5S/c1-28(2)36(32,33)11-5-10-35-16-7-6-15-17(18(16)34-4)26-22(30-9-8-29(3)20(15)30)27-19(31)14-12-24-21(23)25-13-14/h6-7,12-13,20H,5,8-11H2,1-4H3,(H2,23,24,25)(H,26,27,31). The Morgan fingerprint density at radius 1 is 1.25 bits per heavy atom. The van der Waals surface area contributed by atoms with Crippen molar-refractivity contribution in [2.45, 2.75) is 12.6 Å². The van der Waals surface area contributed by atoms with Gasteiger partial charge in [0.2, 0.25) is 21.9 Å². The Balaban J connectivity index is 1.60. The van der Waals surface area contributed by atoms with E-state index in [4.69, 9.17) is 20.2 Å². The zero-order valence-corrected chi connectivity index (χ0v) is 21.4. The van der Waals surface area contributed by atoms with Gasteiger partial charge in [-0.2, -0.15) is 0 Å². The van der Waals surface area contributed by atoms with Crippen molar-refractivity contribution in [1.29, 1.82) is 0 Å². The molecule has 3 heterocycles. The van der Waals surface area contributed by atoms with Crippen LogP contribution in [-0.4, -0.2) is 98.1 Å². The van der Waals surface area contributed by atoms with Gasteiger partial charge < -0.3 is 20.1 Å². The predicted molar refractivity (Wildman–Crippen MR) is 134 cm³/mol. The molecule has 2 aliphatic rings. The van der Waals surface area contributed by atoms with Crippen LogP contribution in [0.15, 0.2) is 29.5 Å². The Hall–Kier alpha value is -3.49. The van der Waals surface area contributed by atoms with E-state index in [-0.39, 0.29) is 30.0 Å². The van der Waals surface area contributed by atoms with Gasteiger partial charge in [0.25, 0.3) is 5.91 Å². The van der Waals surface area contributed by atoms with E-state index in [1.165, 1.54) is 37.9 Å². The van der Waals surface area contributed by atoms with Gasteiger partial charge in [0, 0.05) is 45.1 Å². The summed E-state index contributed by atoms with van der Waals surface area (Å²) in [5.74, 6) is 0.844. The average molecular weight is 519 g/mol. The van der Waals surface area contributed by atoms with Crippen LogP contribution in [-0.2, 0) is 10.0 Å². The van der Waals surface area contributed by atoms with Gasteiger partial charge in [0.15, 0.2) is 11.5 Å². The summed E-state index contributed by atoms with van der Waals surface area (Å²) in [6.07, 6.45) is 2.86. The van der Waals surface area contributed by atoms with E-state index in [0.29, 0.717) is 36.1 Å². The van der Waals surface area contributed by atoms with E-state index in [1.807, 2.05) is 18.0 Å². The lowest BCUT2D eigenvalue weighted by molar-refractivity contribution is 0.0968. The van der Waals surface area contributed by atoms with Crippen LogP contribution in [0.4, 0.5) is 11.6 Å². The number of rotatable bonds is 8. The molecule has 1 unspecified atom stereocenters. The summed E-state index contributed by atoms with van der Waals surface area (Å²) in [5.41, 5.74) is 7.22. The largest absolute Gasteiger partial charge is 0.491 e. The molecule has 2 aromatic rings. The van der Waals surface area contributed by atoms with Crippen molar-refractivity contribution in [1.82, 2.24) is 29.4 Å². The second-order valence-electron chi connectivity index (χ2n) is 8.60. The number of carbonyl (C=O) groups is 1. The normalized spacial score (nSPS) is 17.4. The fraction of sp³-hybridized carbons (Fsp3) is 0.455. The summed E-state index contributed by atoms with van der Waals surface area (Å²) in [5, 5.41) is 2.86. The van der Waals surface area contributed by atoms with E-state index in [0.717, 1.165) is 12.1 Å². The summed E-state index contributed by atoms with van der Waals surface area (Å²) in [6.45, 7) is 1.62. The van der Waals surface area contributed by atoms with Crippen molar-refractivity contribution >= 4 is 33.5 Å². The zero-order chi connectivity index (χ0) is 26.0. The van der Waals surface area contributed by atoms with Crippen molar-refractivity contribution < 1.29 is 22.7 Å². The SMILES string of the molecule is COc1c(OCCCS(=O)(=O)N(C)C)ccc2c1N=C(NC(=O)c1cnc(N)nc1)N1CCN(C)C21. The molecule has 2 aliphatic heterocycles. The molecular formula is C22H30N8O5S. The van der Waals surface area contributed by atoms with E-state index in [9.17, 15) is 13.2 Å². The number of guanidine groups is 1. The second kappa shape index (κ2) is 10.2. The van der Waals surface area contributed by atoms with Gasteiger partial charge in [0.05, 0.1) is 25.0 Å². The minimum atomic E-state index is -3.31. The predicted octanol–water partition coefficient (Wildman–Crippen LogP) is 0.405. The molecule has 36 heavy (non-hydrogen) atoms. The topological polar surface area (TPSA) is 156 Å². The molecule has 3 N–H and O–H groups in total. The Morgan fingerprint density at radius 2 is 1.97 bits per heavy atom. The molecular weight excluding hydrogens is 488 g/mol. The van der Waals surface area contributed by atoms with E-state index in [2.05, 4.69) is 20.2 Å². The van der Waals surface area contributed by atoms with Crippen LogP contribution in [0, 0.1) is 0 Å². The summed E-state index contributed by atoms with van der Waals surface area (Å²) in [4.78, 5) is 29.5. The molecule has 13 nitrogen and oxygen atoms in total. The third-order valence-electron chi connectivity index (χ3n) is 6.02. The maximum atomic E-state index is 12.9. The number of hydrogen-bond acceptors (Lipinski definition) is 11. The molecule has 194 valence electrons. The molecule has 4 rings (SSSR count). The maximum Gasteiger partial charge on any atom is 0.261 e. The Morgan fingerprint density at radius 3 is 2.64 bits per heavy atom. The van der Waals surface area contributed by atoms with Gasteiger partial charge >= 0.3 is 0 Å². The van der Waals surface area contributed by atoms with Gasteiger partial charge in [0.1, 0.15) is 11.9 Å². The van der Waals surface area contributed by atoms with Crippen LogP contribution in [0.5, 0.6) is 11.5 Å². The highest BCUT2D eigenvalue weighted by Crippen LogP contribution is 2.47. The number of likely N-dealkylation sites (N-methyl/N-ethyl adjacent to an activating group) is 1. The Kier molecular flexibility index (Phi) is 7.28. The number of anilines is 1. The molecule has 1 aromatic carbocycles. The highest BCUT2D eigenvalue weighted by atomic mass is 32.2. The summed E-state index contributed by atoms with van der Waals surface area (Å²) >= 11 is 0. The number of amides is 1. The van der Waals surface area contributed by atoms with Crippen LogP contribution in [0.2, 0.25) is 0 Å². The van der Waals surface area contributed by atoms with Gasteiger partial charge in [-0.3, -0.25) is 15.0 Å². The molecule has 1 atom stereocenters. The van der Waals surface area contributed by atoms with Crippen LogP contribution in [0.25, 0.3) is 0 Å². The number of sulfonamides is 1. The van der Waals surface area contributed by atoms with E-state index < -0.39 is 15.9 Å². The maximum absolute atomic E-state index is 12.9. The molecule has 1 aromatic heterocycles. The first-order valence-electron chi connectivity index (χ1n) is 11.3. The van der Waals surface area contributed by atoms with E-state index >= 15 is 0 Å². The zero-order valence-electron chi connectivity index (χ0n) is 20.6. The fourth-order valence-corrected chi connectivity index (χ4v) is 4.93. The van der Waals surface area contributed by atoms with Crippen LogP contribution in [0.1, 0.15) is 28.5 Å². The molecule has 0 aliphatic carbocycles. The number of methoxy groups -OCH3 is 1. The molecule has 0 radical (unpaired) electrons. The number of carbonyl (C=O) groups excluding carboxylic acids is 1. The Labute approximate surface area is 210 Å². The van der Waals surface area contributed by atoms with Crippen molar-refractivity contribution in [2.75, 3.05) is 59.4 Å². The molecule has 1 amide bonds. The minimum absolute atomic E-state index is 0.0295. The highest BCUT2D eigenvalue weighted by molar-refractivity contribution is 7.89. The van der Waals surface area contributed by atoms with Crippen LogP contribution in [0.3, 0.4) is 0 Å². The monoisotopic (exact) mass is 518 g/mol. The molecule has 0 saturated carbocycles. The van der Waals surface area contributed by atoms with Gasteiger partial charge in [-0.15, -0.1) is 0 Å². The van der Waals surface area contributed by atoms with Crippen LogP contribution < -0.4 is 20.5 Å². The molecule has 0 bridgehead atoms. The first kappa shape index (κ1) is 25.6. The minimum Gasteiger partial charge on any atom is -0.491 e. The first-order valence-corrected chi connectivity index (χ1v) is 12.9. The number of ether oxygens (including phenoxy) is 2. The lowest BCUT2D eigenvalue weighted by atomic mass is 10.1. The summed E-state index contributed by atoms with van der Waals surface area (Å²) < 4.78 is 36.8. The lowest BCUT2D eigenvalue weighted by Crippen LogP contribution is -2.46. The number of fused-ring (bicyclic) bond motifs is 3. The van der Waals surface area contributed by atoms with Gasteiger partial charge in [-0.1, -0.05) is 0 Å². The van der Waals surface area contributed by atoms with Crippen molar-refractivity contribution in [3.05, 3.63) is 35.7 Å². The number of aromatic nitrogens is 2. The van der Waals surface area contributed by atoms with Crippen molar-refractivity contribution in [3.63, 3.8) is 0 Å². The van der Waals surface area contributed by atoms with E-state index in [1.54, 1.807) is 6.07 Å².